The molecule has 2 amide bonds. The van der Waals surface area contributed by atoms with Gasteiger partial charge < -0.3 is 34.2 Å². The van der Waals surface area contributed by atoms with Crippen molar-refractivity contribution in [2.45, 2.75) is 12.2 Å². The molecule has 0 radical (unpaired) electrons. The summed E-state index contributed by atoms with van der Waals surface area (Å²) in [5.41, 5.74) is 7.70. The quantitative estimate of drug-likeness (QED) is 0.489. The molecule has 0 aromatic heterocycles. The van der Waals surface area contributed by atoms with Crippen LogP contribution in [0.4, 0.5) is 4.79 Å². The van der Waals surface area contributed by atoms with Crippen LogP contribution < -0.4 is 30.2 Å². The fraction of sp³-hybridized carbons (Fsp3) is 0.381. The summed E-state index contributed by atoms with van der Waals surface area (Å²) in [6.07, 6.45) is 0.0435. The van der Waals surface area contributed by atoms with E-state index in [1.54, 1.807) is 0 Å². The zero-order valence-corrected chi connectivity index (χ0v) is 16.5. The van der Waals surface area contributed by atoms with E-state index in [1.807, 2.05) is 24.3 Å². The second-order valence-electron chi connectivity index (χ2n) is 7.54. The molecule has 2 aromatic rings. The Morgan fingerprint density at radius 3 is 1.65 bits per heavy atom. The number of amides is 2. The third kappa shape index (κ3) is 3.69. The smallest absolute Gasteiger partial charge is 0.335 e. The van der Waals surface area contributed by atoms with Gasteiger partial charge in [-0.1, -0.05) is 12.1 Å². The Morgan fingerprint density at radius 2 is 1.23 bits per heavy atom. The highest BCUT2D eigenvalue weighted by Gasteiger charge is 2.48. The number of hydrogen-bond donors (Lipinski definition) is 3. The van der Waals surface area contributed by atoms with Crippen molar-refractivity contribution in [3.8, 4) is 23.0 Å². The van der Waals surface area contributed by atoms with E-state index in [1.165, 1.54) is 5.48 Å². The van der Waals surface area contributed by atoms with Gasteiger partial charge in [-0.15, -0.1) is 0 Å². The highest BCUT2D eigenvalue weighted by Crippen LogP contribution is 2.52. The molecule has 10 heteroatoms. The van der Waals surface area contributed by atoms with E-state index in [2.05, 4.69) is 17.9 Å². The maximum absolute atomic E-state index is 9.23. The van der Waals surface area contributed by atoms with Gasteiger partial charge in [0.2, 0.25) is 13.6 Å². The Bertz CT molecular complexity index is 912. The number of hydrogen-bond acceptors (Lipinski definition) is 8. The summed E-state index contributed by atoms with van der Waals surface area (Å²) in [5, 5.41) is 7.42. The molecule has 0 saturated carbocycles. The van der Waals surface area contributed by atoms with Crippen molar-refractivity contribution in [3.63, 3.8) is 0 Å². The van der Waals surface area contributed by atoms with E-state index in [0.717, 1.165) is 34.1 Å². The number of ether oxygens (including phenoxy) is 6. The lowest BCUT2D eigenvalue weighted by Gasteiger charge is -2.17. The van der Waals surface area contributed by atoms with Gasteiger partial charge in [0, 0.05) is 11.8 Å². The van der Waals surface area contributed by atoms with Gasteiger partial charge in [0.25, 0.3) is 0 Å². The zero-order chi connectivity index (χ0) is 21.4. The Morgan fingerprint density at radius 1 is 0.806 bits per heavy atom. The summed E-state index contributed by atoms with van der Waals surface area (Å²) < 4.78 is 34.2. The molecule has 4 aliphatic rings. The van der Waals surface area contributed by atoms with Gasteiger partial charge in [-0.3, -0.25) is 5.21 Å². The van der Waals surface area contributed by atoms with Crippen molar-refractivity contribution in [3.05, 3.63) is 47.5 Å². The maximum atomic E-state index is 9.23. The first-order chi connectivity index (χ1) is 15.1. The van der Waals surface area contributed by atoms with Crippen LogP contribution in [-0.4, -0.2) is 38.0 Å². The number of carbonyl (C=O) groups is 1. The first-order valence-corrected chi connectivity index (χ1v) is 9.86. The van der Waals surface area contributed by atoms with Crippen molar-refractivity contribution < 1.29 is 38.4 Å². The molecule has 164 valence electrons. The molecule has 4 aliphatic heterocycles. The summed E-state index contributed by atoms with van der Waals surface area (Å²) in [5.74, 6) is 3.83. The lowest BCUT2D eigenvalue weighted by Crippen LogP contribution is -2.25. The van der Waals surface area contributed by atoms with E-state index in [9.17, 15) is 4.79 Å². The Labute approximate surface area is 177 Å². The van der Waals surface area contributed by atoms with Gasteiger partial charge in [-0.2, -0.15) is 0 Å². The zero-order valence-electron chi connectivity index (χ0n) is 16.5. The summed E-state index contributed by atoms with van der Waals surface area (Å²) >= 11 is 0. The molecule has 2 aromatic carbocycles. The Kier molecular flexibility index (Phi) is 5.18. The minimum Gasteiger partial charge on any atom is -0.454 e. The van der Waals surface area contributed by atoms with Gasteiger partial charge in [0.15, 0.2) is 23.0 Å². The molecule has 4 N–H and O–H groups in total. The monoisotopic (exact) mass is 430 g/mol. The van der Waals surface area contributed by atoms with Crippen molar-refractivity contribution >= 4 is 6.03 Å². The first kappa shape index (κ1) is 19.7. The fourth-order valence-corrected chi connectivity index (χ4v) is 4.41. The minimum atomic E-state index is -0.940. The van der Waals surface area contributed by atoms with E-state index in [4.69, 9.17) is 33.6 Å². The number of carbonyl (C=O) groups excluding carboxylic acids is 1. The predicted octanol–water partition coefficient (Wildman–Crippen LogP) is 2.26. The molecule has 31 heavy (non-hydrogen) atoms. The van der Waals surface area contributed by atoms with Crippen LogP contribution in [0.15, 0.2) is 36.4 Å². The second kappa shape index (κ2) is 8.14. The van der Waals surface area contributed by atoms with E-state index in [-0.39, 0.29) is 25.8 Å². The van der Waals surface area contributed by atoms with E-state index in [0.29, 0.717) is 25.0 Å². The molecule has 0 spiro atoms. The van der Waals surface area contributed by atoms with Crippen LogP contribution in [0.5, 0.6) is 23.0 Å². The van der Waals surface area contributed by atoms with Gasteiger partial charge in [0.05, 0.1) is 25.4 Å². The average molecular weight is 430 g/mol. The molecule has 10 nitrogen and oxygen atoms in total. The van der Waals surface area contributed by atoms with Crippen LogP contribution in [-0.2, 0) is 9.47 Å². The Balaban J connectivity index is 0.000000371. The maximum Gasteiger partial charge on any atom is 0.335 e. The van der Waals surface area contributed by atoms with Crippen LogP contribution in [0.3, 0.4) is 0 Å². The summed E-state index contributed by atoms with van der Waals surface area (Å²) in [6, 6.07) is 11.2. The van der Waals surface area contributed by atoms with Crippen LogP contribution in [0, 0.1) is 11.8 Å². The van der Waals surface area contributed by atoms with Gasteiger partial charge in [-0.25, -0.2) is 10.3 Å². The van der Waals surface area contributed by atoms with Crippen LogP contribution in [0.1, 0.15) is 23.3 Å². The highest BCUT2D eigenvalue weighted by atomic mass is 16.7. The molecule has 4 unspecified atom stereocenters. The highest BCUT2D eigenvalue weighted by molar-refractivity contribution is 5.69. The van der Waals surface area contributed by atoms with E-state index >= 15 is 0 Å². The molecule has 6 rings (SSSR count). The van der Waals surface area contributed by atoms with Crippen LogP contribution >= 0.6 is 0 Å². The van der Waals surface area contributed by atoms with Gasteiger partial charge in [0.1, 0.15) is 0 Å². The van der Waals surface area contributed by atoms with Gasteiger partial charge >= 0.3 is 6.03 Å². The number of nitrogens with one attached hydrogen (secondary N) is 1. The molecular formula is C21H22N2O8. The van der Waals surface area contributed by atoms with Crippen molar-refractivity contribution in [2.75, 3.05) is 26.8 Å². The van der Waals surface area contributed by atoms with E-state index < -0.39 is 6.03 Å². The minimum absolute atomic E-state index is 0.0218. The average Bonchev–Trinajstić information content (AvgIpc) is 3.56. The number of urea groups is 1. The molecule has 0 bridgehead atoms. The summed E-state index contributed by atoms with van der Waals surface area (Å²) in [6.45, 7) is 1.93. The summed E-state index contributed by atoms with van der Waals surface area (Å²) in [4.78, 5) is 9.23. The number of fused-ring (bicyclic) bond motifs is 3. The molecule has 2 fully saturated rings. The summed E-state index contributed by atoms with van der Waals surface area (Å²) in [7, 11) is 0. The fourth-order valence-electron chi connectivity index (χ4n) is 4.41. The lowest BCUT2D eigenvalue weighted by molar-refractivity contribution is 0.0192. The lowest BCUT2D eigenvalue weighted by atomic mass is 9.85. The van der Waals surface area contributed by atoms with Crippen molar-refractivity contribution in [1.82, 2.24) is 5.48 Å². The van der Waals surface area contributed by atoms with Gasteiger partial charge in [-0.05, 0) is 35.4 Å². The normalized spacial score (nSPS) is 26.7. The van der Waals surface area contributed by atoms with Crippen molar-refractivity contribution in [1.29, 1.82) is 0 Å². The third-order valence-electron chi connectivity index (χ3n) is 5.82. The SMILES string of the molecule is NC(=O)NO.c1cc2c(cc1C1OCC3C(c4ccc5c(c4)OCO5)OCC13)OCO2. The molecule has 2 saturated heterocycles. The number of hydroxylamine groups is 1. The molecule has 4 atom stereocenters. The first-order valence-electron chi connectivity index (χ1n) is 9.86. The molecule has 4 heterocycles. The third-order valence-corrected chi connectivity index (χ3v) is 5.82. The molecule has 0 aliphatic carbocycles. The predicted molar refractivity (Wildman–Crippen MR) is 104 cm³/mol. The number of nitrogens with two attached hydrogens (primary N) is 1. The molecular weight excluding hydrogens is 408 g/mol. The Hall–Kier alpha value is -3.21. The van der Waals surface area contributed by atoms with Crippen LogP contribution in [0.25, 0.3) is 0 Å². The number of rotatable bonds is 2. The van der Waals surface area contributed by atoms with Crippen molar-refractivity contribution in [2.24, 2.45) is 17.6 Å². The standard InChI is InChI=1S/C20H18O6.CH4N2O2/c1-3-15-17(25-9-23-15)5-11(1)19-13-7-22-20(14(13)8-21-19)12-2-4-16-18(6-12)26-10-24-16;2-1(4)3-5/h1-6,13-14,19-20H,7-10H2;5H,(H3,2,3,4). The number of benzene rings is 2. The topological polar surface area (TPSA) is 131 Å². The van der Waals surface area contributed by atoms with Crippen LogP contribution in [0.2, 0.25) is 0 Å². The largest absolute Gasteiger partial charge is 0.454 e. The number of primary amides is 1. The second-order valence-corrected chi connectivity index (χ2v) is 7.54.